The van der Waals surface area contributed by atoms with Gasteiger partial charge < -0.3 is 14.4 Å². The van der Waals surface area contributed by atoms with Crippen molar-refractivity contribution >= 4 is 11.9 Å². The summed E-state index contributed by atoms with van der Waals surface area (Å²) in [5, 5.41) is 8.92. The van der Waals surface area contributed by atoms with Crippen LogP contribution >= 0.6 is 0 Å². The molecule has 1 atom stereocenters. The van der Waals surface area contributed by atoms with Crippen molar-refractivity contribution in [3.05, 3.63) is 41.9 Å². The second kappa shape index (κ2) is 8.84. The Bertz CT molecular complexity index is 785. The number of piperidine rings is 1. The number of carbonyl (C=O) groups excluding carboxylic acids is 1. The van der Waals surface area contributed by atoms with Crippen molar-refractivity contribution in [2.24, 2.45) is 0 Å². The number of rotatable bonds is 7. The van der Waals surface area contributed by atoms with Crippen LogP contribution in [0, 0.1) is 6.92 Å². The zero-order valence-electron chi connectivity index (χ0n) is 15.7. The SMILES string of the molecule is Cc1nc(CCC(=O)N2CCCCC2CCC(=O)O)oc1-c1ccccc1. The number of aromatic nitrogens is 1. The lowest BCUT2D eigenvalue weighted by Gasteiger charge is -2.35. The van der Waals surface area contributed by atoms with Crippen LogP contribution in [0.4, 0.5) is 0 Å². The number of benzene rings is 1. The lowest BCUT2D eigenvalue weighted by molar-refractivity contribution is -0.140. The highest BCUT2D eigenvalue weighted by molar-refractivity contribution is 5.77. The highest BCUT2D eigenvalue weighted by Gasteiger charge is 2.27. The van der Waals surface area contributed by atoms with E-state index < -0.39 is 5.97 Å². The topological polar surface area (TPSA) is 83.6 Å². The molecule has 1 aromatic heterocycles. The highest BCUT2D eigenvalue weighted by atomic mass is 16.4. The van der Waals surface area contributed by atoms with Crippen LogP contribution in [-0.4, -0.2) is 39.5 Å². The number of carboxylic acid groups (broad SMARTS) is 1. The second-order valence-corrected chi connectivity index (χ2v) is 7.06. The number of aliphatic carboxylic acids is 1. The Hall–Kier alpha value is -2.63. The third-order valence-electron chi connectivity index (χ3n) is 5.07. The maximum absolute atomic E-state index is 12.7. The highest BCUT2D eigenvalue weighted by Crippen LogP contribution is 2.26. The molecule has 0 radical (unpaired) electrons. The first-order valence-corrected chi connectivity index (χ1v) is 9.57. The average Bonchev–Trinajstić information content (AvgIpc) is 3.06. The molecule has 0 aliphatic carbocycles. The largest absolute Gasteiger partial charge is 0.481 e. The Morgan fingerprint density at radius 3 is 2.74 bits per heavy atom. The first kappa shape index (κ1) is 19.1. The van der Waals surface area contributed by atoms with Crippen LogP contribution in [0.15, 0.2) is 34.7 Å². The van der Waals surface area contributed by atoms with Gasteiger partial charge in [-0.15, -0.1) is 0 Å². The molecule has 0 bridgehead atoms. The number of hydrogen-bond acceptors (Lipinski definition) is 4. The third-order valence-corrected chi connectivity index (χ3v) is 5.07. The molecule has 3 rings (SSSR count). The van der Waals surface area contributed by atoms with Crippen molar-refractivity contribution in [2.45, 2.75) is 57.9 Å². The van der Waals surface area contributed by atoms with Crippen LogP contribution in [-0.2, 0) is 16.0 Å². The van der Waals surface area contributed by atoms with E-state index in [0.29, 0.717) is 31.7 Å². The molecule has 1 aliphatic heterocycles. The predicted molar refractivity (Wildman–Crippen MR) is 101 cm³/mol. The number of carbonyl (C=O) groups is 2. The molecular weight excluding hydrogens is 344 g/mol. The average molecular weight is 370 g/mol. The van der Waals surface area contributed by atoms with Gasteiger partial charge in [0.15, 0.2) is 11.7 Å². The maximum Gasteiger partial charge on any atom is 0.303 e. The van der Waals surface area contributed by atoms with Gasteiger partial charge in [-0.1, -0.05) is 30.3 Å². The van der Waals surface area contributed by atoms with Crippen LogP contribution < -0.4 is 0 Å². The van der Waals surface area contributed by atoms with Crippen LogP contribution in [0.3, 0.4) is 0 Å². The molecule has 0 saturated carbocycles. The number of oxazole rings is 1. The quantitative estimate of drug-likeness (QED) is 0.801. The fourth-order valence-electron chi connectivity index (χ4n) is 3.69. The van der Waals surface area contributed by atoms with Gasteiger partial charge in [0.05, 0.1) is 5.69 Å². The van der Waals surface area contributed by atoms with Crippen molar-refractivity contribution in [3.8, 4) is 11.3 Å². The van der Waals surface area contributed by atoms with E-state index in [4.69, 9.17) is 9.52 Å². The van der Waals surface area contributed by atoms with Crippen LogP contribution in [0.2, 0.25) is 0 Å². The number of likely N-dealkylation sites (tertiary alicyclic amines) is 1. The van der Waals surface area contributed by atoms with E-state index in [1.165, 1.54) is 0 Å². The molecule has 2 heterocycles. The number of hydrogen-bond donors (Lipinski definition) is 1. The fourth-order valence-corrected chi connectivity index (χ4v) is 3.69. The van der Waals surface area contributed by atoms with E-state index in [9.17, 15) is 9.59 Å². The summed E-state index contributed by atoms with van der Waals surface area (Å²) in [5.41, 5.74) is 1.80. The molecule has 6 nitrogen and oxygen atoms in total. The van der Waals surface area contributed by atoms with Crippen molar-refractivity contribution in [1.29, 1.82) is 0 Å². The first-order chi connectivity index (χ1) is 13.0. The van der Waals surface area contributed by atoms with Gasteiger partial charge in [0.25, 0.3) is 0 Å². The minimum atomic E-state index is -0.809. The Kier molecular flexibility index (Phi) is 6.27. The summed E-state index contributed by atoms with van der Waals surface area (Å²) in [5.74, 6) is 0.563. The minimum absolute atomic E-state index is 0.0357. The van der Waals surface area contributed by atoms with Crippen molar-refractivity contribution < 1.29 is 19.1 Å². The third kappa shape index (κ3) is 4.96. The summed E-state index contributed by atoms with van der Waals surface area (Å²) in [4.78, 5) is 29.9. The number of carboxylic acids is 1. The number of nitrogens with zero attached hydrogens (tertiary/aromatic N) is 2. The van der Waals surface area contributed by atoms with Crippen LogP contribution in [0.5, 0.6) is 0 Å². The molecule has 1 fully saturated rings. The molecule has 0 spiro atoms. The van der Waals surface area contributed by atoms with Gasteiger partial charge in [-0.3, -0.25) is 9.59 Å². The van der Waals surface area contributed by atoms with Gasteiger partial charge >= 0.3 is 5.97 Å². The molecule has 1 saturated heterocycles. The van der Waals surface area contributed by atoms with Gasteiger partial charge in [-0.05, 0) is 32.6 Å². The Morgan fingerprint density at radius 2 is 2.00 bits per heavy atom. The second-order valence-electron chi connectivity index (χ2n) is 7.06. The summed E-state index contributed by atoms with van der Waals surface area (Å²) in [6.45, 7) is 2.62. The van der Waals surface area contributed by atoms with Crippen molar-refractivity contribution in [1.82, 2.24) is 9.88 Å². The van der Waals surface area contributed by atoms with Crippen LogP contribution in [0.25, 0.3) is 11.3 Å². The fraction of sp³-hybridized carbons (Fsp3) is 0.476. The standard InChI is InChI=1S/C21H26N2O4/c1-15-21(16-7-3-2-4-8-16)27-18(22-15)11-12-19(24)23-14-6-5-9-17(23)10-13-20(25)26/h2-4,7-8,17H,5-6,9-14H2,1H3,(H,25,26). The molecule has 2 aromatic rings. The molecule has 1 aromatic carbocycles. The van der Waals surface area contributed by atoms with Gasteiger partial charge in [-0.2, -0.15) is 0 Å². The molecule has 1 aliphatic rings. The van der Waals surface area contributed by atoms with Crippen LogP contribution in [0.1, 0.15) is 50.1 Å². The number of aryl methyl sites for hydroxylation is 2. The Balaban J connectivity index is 1.60. The maximum atomic E-state index is 12.7. The minimum Gasteiger partial charge on any atom is -0.481 e. The first-order valence-electron chi connectivity index (χ1n) is 9.57. The molecule has 27 heavy (non-hydrogen) atoms. The molecular formula is C21H26N2O4. The monoisotopic (exact) mass is 370 g/mol. The summed E-state index contributed by atoms with van der Waals surface area (Å²) in [7, 11) is 0. The van der Waals surface area contributed by atoms with Crippen molar-refractivity contribution in [2.75, 3.05) is 6.54 Å². The Morgan fingerprint density at radius 1 is 1.22 bits per heavy atom. The Labute approximate surface area is 159 Å². The predicted octanol–water partition coefficient (Wildman–Crippen LogP) is 3.83. The van der Waals surface area contributed by atoms with Crippen molar-refractivity contribution in [3.63, 3.8) is 0 Å². The van der Waals surface area contributed by atoms with E-state index in [1.807, 2.05) is 42.2 Å². The number of amides is 1. The van der Waals surface area contributed by atoms with Gasteiger partial charge in [0, 0.05) is 37.4 Å². The lowest BCUT2D eigenvalue weighted by Crippen LogP contribution is -2.44. The normalized spacial score (nSPS) is 17.1. The molecule has 1 amide bonds. The molecule has 1 unspecified atom stereocenters. The lowest BCUT2D eigenvalue weighted by atomic mass is 9.97. The molecule has 144 valence electrons. The smallest absolute Gasteiger partial charge is 0.303 e. The summed E-state index contributed by atoms with van der Waals surface area (Å²) >= 11 is 0. The zero-order valence-corrected chi connectivity index (χ0v) is 15.7. The summed E-state index contributed by atoms with van der Waals surface area (Å²) < 4.78 is 5.88. The molecule has 1 N–H and O–H groups in total. The van der Waals surface area contributed by atoms with E-state index in [2.05, 4.69) is 4.98 Å². The van der Waals surface area contributed by atoms with Gasteiger partial charge in [0.2, 0.25) is 5.91 Å². The van der Waals surface area contributed by atoms with E-state index >= 15 is 0 Å². The summed E-state index contributed by atoms with van der Waals surface area (Å²) in [6.07, 6.45) is 4.33. The zero-order chi connectivity index (χ0) is 19.2. The molecule has 6 heteroatoms. The van der Waals surface area contributed by atoms with Gasteiger partial charge in [-0.25, -0.2) is 4.98 Å². The van der Waals surface area contributed by atoms with Gasteiger partial charge in [0.1, 0.15) is 0 Å². The summed E-state index contributed by atoms with van der Waals surface area (Å²) in [6, 6.07) is 9.84. The van der Waals surface area contributed by atoms with E-state index in [0.717, 1.165) is 36.3 Å². The van der Waals surface area contributed by atoms with E-state index in [-0.39, 0.29) is 18.4 Å². The van der Waals surface area contributed by atoms with E-state index in [1.54, 1.807) is 0 Å².